The summed E-state index contributed by atoms with van der Waals surface area (Å²) in [7, 11) is 5.64. The highest BCUT2D eigenvalue weighted by atomic mass is 16.2. The second-order valence-corrected chi connectivity index (χ2v) is 7.63. The number of rotatable bonds is 5. The third-order valence-electron chi connectivity index (χ3n) is 3.85. The molecule has 0 aliphatic heterocycles. The highest BCUT2D eigenvalue weighted by molar-refractivity contribution is 5.88. The molecule has 0 unspecified atom stereocenters. The number of benzene rings is 1. The fourth-order valence-corrected chi connectivity index (χ4v) is 2.63. The van der Waals surface area contributed by atoms with E-state index in [1.807, 2.05) is 58.0 Å². The summed E-state index contributed by atoms with van der Waals surface area (Å²) >= 11 is 0. The molecule has 3 N–H and O–H groups in total. The number of amides is 1. The molecule has 2 rings (SSSR count). The van der Waals surface area contributed by atoms with Crippen molar-refractivity contribution in [3.8, 4) is 0 Å². The van der Waals surface area contributed by atoms with E-state index < -0.39 is 0 Å². The normalized spacial score (nSPS) is 12.0. The summed E-state index contributed by atoms with van der Waals surface area (Å²) in [6.45, 7) is 6.60. The average molecular weight is 371 g/mol. The molecule has 27 heavy (non-hydrogen) atoms. The molecule has 1 aromatic heterocycles. The molecule has 146 valence electrons. The Bertz CT molecular complexity index is 823. The van der Waals surface area contributed by atoms with Gasteiger partial charge in [0.2, 0.25) is 5.91 Å². The molecule has 1 amide bonds. The fraction of sp³-hybridized carbons (Fsp3) is 0.450. The number of carbonyl (C=O) groups is 1. The molecule has 0 fully saturated rings. The molecule has 2 aromatic rings. The average Bonchev–Trinajstić information content (AvgIpc) is 2.59. The third kappa shape index (κ3) is 6.13. The highest BCUT2D eigenvalue weighted by Crippen LogP contribution is 2.21. The van der Waals surface area contributed by atoms with Gasteiger partial charge in [-0.1, -0.05) is 18.2 Å². The number of pyridine rings is 1. The number of anilines is 1. The van der Waals surface area contributed by atoms with Gasteiger partial charge in [0, 0.05) is 38.6 Å². The number of aliphatic imine (C=N–C) groups is 1. The lowest BCUT2D eigenvalue weighted by molar-refractivity contribution is -0.121. The zero-order chi connectivity index (χ0) is 20.0. The van der Waals surface area contributed by atoms with E-state index in [9.17, 15) is 4.79 Å². The van der Waals surface area contributed by atoms with E-state index in [4.69, 9.17) is 0 Å². The van der Waals surface area contributed by atoms with Crippen molar-refractivity contribution in [1.29, 1.82) is 0 Å². The molecule has 0 saturated carbocycles. The number of nitrogens with one attached hydrogen (secondary N) is 3. The van der Waals surface area contributed by atoms with Gasteiger partial charge in [0.05, 0.1) is 12.1 Å². The lowest BCUT2D eigenvalue weighted by Crippen LogP contribution is -2.48. The van der Waals surface area contributed by atoms with Crippen molar-refractivity contribution in [2.45, 2.75) is 32.9 Å². The standard InChI is InChI=1S/C20H30N6O/c1-20(2,3)25-18(27)13-23-19(21-4)22-12-14-11-17(26(5)6)24-16-10-8-7-9-15(14)16/h7-11H,12-13H2,1-6H3,(H,25,27)(H2,21,22,23). The van der Waals surface area contributed by atoms with Crippen molar-refractivity contribution in [1.82, 2.24) is 20.9 Å². The van der Waals surface area contributed by atoms with Crippen LogP contribution in [-0.2, 0) is 11.3 Å². The summed E-state index contributed by atoms with van der Waals surface area (Å²) < 4.78 is 0. The summed E-state index contributed by atoms with van der Waals surface area (Å²) in [6, 6.07) is 10.1. The maximum Gasteiger partial charge on any atom is 0.239 e. The summed E-state index contributed by atoms with van der Waals surface area (Å²) in [5, 5.41) is 10.3. The zero-order valence-electron chi connectivity index (χ0n) is 17.1. The fourth-order valence-electron chi connectivity index (χ4n) is 2.63. The quantitative estimate of drug-likeness (QED) is 0.553. The number of aromatic nitrogens is 1. The van der Waals surface area contributed by atoms with E-state index in [1.54, 1.807) is 7.05 Å². The Balaban J connectivity index is 2.07. The van der Waals surface area contributed by atoms with Crippen LogP contribution in [0.1, 0.15) is 26.3 Å². The maximum absolute atomic E-state index is 12.0. The number of fused-ring (bicyclic) bond motifs is 1. The summed E-state index contributed by atoms with van der Waals surface area (Å²) in [6.07, 6.45) is 0. The molecule has 0 spiro atoms. The molecule has 7 heteroatoms. The van der Waals surface area contributed by atoms with Gasteiger partial charge in [-0.3, -0.25) is 9.79 Å². The van der Waals surface area contributed by atoms with Crippen molar-refractivity contribution < 1.29 is 4.79 Å². The first-order chi connectivity index (χ1) is 12.7. The minimum absolute atomic E-state index is 0.0743. The van der Waals surface area contributed by atoms with E-state index in [0.717, 1.165) is 22.3 Å². The van der Waals surface area contributed by atoms with Crippen molar-refractivity contribution >= 4 is 28.6 Å². The molecule has 0 aliphatic carbocycles. The van der Waals surface area contributed by atoms with E-state index >= 15 is 0 Å². The molecule has 0 bridgehead atoms. The Morgan fingerprint density at radius 3 is 2.52 bits per heavy atom. The second-order valence-electron chi connectivity index (χ2n) is 7.63. The molecular formula is C20H30N6O. The van der Waals surface area contributed by atoms with Gasteiger partial charge in [-0.05, 0) is 38.5 Å². The number of nitrogens with zero attached hydrogens (tertiary/aromatic N) is 3. The SMILES string of the molecule is CN=C(NCC(=O)NC(C)(C)C)NCc1cc(N(C)C)nc2ccccc12. The molecule has 0 radical (unpaired) electrons. The maximum atomic E-state index is 12.0. The molecule has 0 atom stereocenters. The van der Waals surface area contributed by atoms with Crippen molar-refractivity contribution in [3.05, 3.63) is 35.9 Å². The van der Waals surface area contributed by atoms with Crippen LogP contribution >= 0.6 is 0 Å². The molecule has 1 aromatic carbocycles. The Morgan fingerprint density at radius 1 is 1.19 bits per heavy atom. The predicted molar refractivity (Wildman–Crippen MR) is 112 cm³/mol. The number of hydrogen-bond acceptors (Lipinski definition) is 4. The lowest BCUT2D eigenvalue weighted by atomic mass is 10.1. The highest BCUT2D eigenvalue weighted by Gasteiger charge is 2.14. The summed E-state index contributed by atoms with van der Waals surface area (Å²) in [4.78, 5) is 22.8. The number of carbonyl (C=O) groups excluding carboxylic acids is 1. The Morgan fingerprint density at radius 2 is 1.89 bits per heavy atom. The van der Waals surface area contributed by atoms with E-state index in [1.165, 1.54) is 0 Å². The first-order valence-electron chi connectivity index (χ1n) is 9.01. The van der Waals surface area contributed by atoms with Crippen LogP contribution in [0.3, 0.4) is 0 Å². The van der Waals surface area contributed by atoms with Crippen LogP contribution in [0.4, 0.5) is 5.82 Å². The summed E-state index contributed by atoms with van der Waals surface area (Å²) in [5.74, 6) is 1.40. The van der Waals surface area contributed by atoms with Gasteiger partial charge < -0.3 is 20.9 Å². The lowest BCUT2D eigenvalue weighted by Gasteiger charge is -2.21. The van der Waals surface area contributed by atoms with Crippen molar-refractivity contribution in [3.63, 3.8) is 0 Å². The predicted octanol–water partition coefficient (Wildman–Crippen LogP) is 1.88. The molecule has 1 heterocycles. The number of para-hydroxylation sites is 1. The largest absolute Gasteiger partial charge is 0.363 e. The van der Waals surface area contributed by atoms with Gasteiger partial charge in [-0.15, -0.1) is 0 Å². The number of guanidine groups is 1. The third-order valence-corrected chi connectivity index (χ3v) is 3.85. The van der Waals surface area contributed by atoms with Crippen LogP contribution in [0, 0.1) is 0 Å². The smallest absolute Gasteiger partial charge is 0.239 e. The zero-order valence-corrected chi connectivity index (χ0v) is 17.1. The van der Waals surface area contributed by atoms with Crippen molar-refractivity contribution in [2.24, 2.45) is 4.99 Å². The van der Waals surface area contributed by atoms with Gasteiger partial charge in [-0.2, -0.15) is 0 Å². The molecular weight excluding hydrogens is 340 g/mol. The van der Waals surface area contributed by atoms with Crippen LogP contribution in [0.2, 0.25) is 0 Å². The first-order valence-corrected chi connectivity index (χ1v) is 9.01. The van der Waals surface area contributed by atoms with Gasteiger partial charge in [-0.25, -0.2) is 4.98 Å². The molecule has 0 saturated heterocycles. The van der Waals surface area contributed by atoms with Crippen LogP contribution in [0.15, 0.2) is 35.3 Å². The minimum atomic E-state index is -0.256. The number of hydrogen-bond donors (Lipinski definition) is 3. The van der Waals surface area contributed by atoms with Crippen LogP contribution in [0.25, 0.3) is 10.9 Å². The van der Waals surface area contributed by atoms with E-state index in [0.29, 0.717) is 12.5 Å². The van der Waals surface area contributed by atoms with Crippen LogP contribution < -0.4 is 20.9 Å². The van der Waals surface area contributed by atoms with Gasteiger partial charge in [0.1, 0.15) is 5.82 Å². The van der Waals surface area contributed by atoms with Gasteiger partial charge >= 0.3 is 0 Å². The monoisotopic (exact) mass is 370 g/mol. The van der Waals surface area contributed by atoms with Crippen molar-refractivity contribution in [2.75, 3.05) is 32.6 Å². The molecule has 7 nitrogen and oxygen atoms in total. The first kappa shape index (κ1) is 20.5. The van der Waals surface area contributed by atoms with Gasteiger partial charge in [0.25, 0.3) is 0 Å². The van der Waals surface area contributed by atoms with E-state index in [2.05, 4.69) is 38.1 Å². The Hall–Kier alpha value is -2.83. The topological polar surface area (TPSA) is 81.6 Å². The summed E-state index contributed by atoms with van der Waals surface area (Å²) in [5.41, 5.74) is 1.81. The van der Waals surface area contributed by atoms with Crippen LogP contribution in [0.5, 0.6) is 0 Å². The van der Waals surface area contributed by atoms with E-state index in [-0.39, 0.29) is 18.0 Å². The van der Waals surface area contributed by atoms with Gasteiger partial charge in [0.15, 0.2) is 5.96 Å². The molecule has 0 aliphatic rings. The van der Waals surface area contributed by atoms with Crippen LogP contribution in [-0.4, -0.2) is 50.1 Å². The second kappa shape index (κ2) is 8.70. The Kier molecular flexibility index (Phi) is 6.60. The minimum Gasteiger partial charge on any atom is -0.363 e. The Labute approximate surface area is 161 Å².